The minimum atomic E-state index is -0.152. The SMILES string of the molecule is Cc1ccc(C(=O)NCc2scnc2C)c(N)c1. The normalized spacial score (nSPS) is 10.3. The van der Waals surface area contributed by atoms with Gasteiger partial charge in [0, 0.05) is 10.6 Å². The van der Waals surface area contributed by atoms with Crippen molar-refractivity contribution in [2.24, 2.45) is 0 Å². The molecule has 5 heteroatoms. The Balaban J connectivity index is 2.06. The first-order valence-electron chi connectivity index (χ1n) is 5.61. The lowest BCUT2D eigenvalue weighted by Gasteiger charge is -2.07. The molecule has 0 aliphatic rings. The smallest absolute Gasteiger partial charge is 0.253 e. The predicted molar refractivity (Wildman–Crippen MR) is 73.6 cm³/mol. The number of amides is 1. The molecule has 1 heterocycles. The largest absolute Gasteiger partial charge is 0.398 e. The number of aromatic nitrogens is 1. The molecule has 0 saturated carbocycles. The number of nitrogens with one attached hydrogen (secondary N) is 1. The summed E-state index contributed by atoms with van der Waals surface area (Å²) in [5.74, 6) is -0.152. The van der Waals surface area contributed by atoms with Gasteiger partial charge in [0.25, 0.3) is 5.91 Å². The molecule has 0 saturated heterocycles. The number of anilines is 1. The number of nitrogens with zero attached hydrogens (tertiary/aromatic N) is 1. The third kappa shape index (κ3) is 2.68. The molecule has 3 N–H and O–H groups in total. The topological polar surface area (TPSA) is 68.0 Å². The van der Waals surface area contributed by atoms with Gasteiger partial charge in [0.05, 0.1) is 23.3 Å². The number of aryl methyl sites for hydroxylation is 2. The van der Waals surface area contributed by atoms with Gasteiger partial charge in [-0.1, -0.05) is 6.07 Å². The van der Waals surface area contributed by atoms with Crippen molar-refractivity contribution in [2.75, 3.05) is 5.73 Å². The average Bonchev–Trinajstić information content (AvgIpc) is 2.72. The van der Waals surface area contributed by atoms with E-state index < -0.39 is 0 Å². The molecule has 0 radical (unpaired) electrons. The number of thiazole rings is 1. The van der Waals surface area contributed by atoms with Crippen LogP contribution in [0.5, 0.6) is 0 Å². The maximum Gasteiger partial charge on any atom is 0.253 e. The lowest BCUT2D eigenvalue weighted by atomic mass is 10.1. The first-order valence-corrected chi connectivity index (χ1v) is 6.49. The standard InChI is InChI=1S/C13H15N3OS/c1-8-3-4-10(11(14)5-8)13(17)15-6-12-9(2)16-7-18-12/h3-5,7H,6,14H2,1-2H3,(H,15,17). The van der Waals surface area contributed by atoms with E-state index in [2.05, 4.69) is 10.3 Å². The Hall–Kier alpha value is -1.88. The Kier molecular flexibility index (Phi) is 3.62. The molecule has 18 heavy (non-hydrogen) atoms. The van der Waals surface area contributed by atoms with E-state index in [1.165, 1.54) is 11.3 Å². The first kappa shape index (κ1) is 12.6. The summed E-state index contributed by atoms with van der Waals surface area (Å²) in [7, 11) is 0. The van der Waals surface area contributed by atoms with E-state index in [9.17, 15) is 4.79 Å². The van der Waals surface area contributed by atoms with Crippen molar-refractivity contribution in [1.82, 2.24) is 10.3 Å². The number of nitrogens with two attached hydrogens (primary N) is 1. The number of rotatable bonds is 3. The zero-order valence-electron chi connectivity index (χ0n) is 10.4. The van der Waals surface area contributed by atoms with Crippen molar-refractivity contribution in [3.8, 4) is 0 Å². The minimum Gasteiger partial charge on any atom is -0.398 e. The second-order valence-electron chi connectivity index (χ2n) is 4.13. The van der Waals surface area contributed by atoms with Crippen molar-refractivity contribution < 1.29 is 4.79 Å². The van der Waals surface area contributed by atoms with E-state index >= 15 is 0 Å². The molecule has 0 aliphatic heterocycles. The van der Waals surface area contributed by atoms with E-state index in [1.807, 2.05) is 19.9 Å². The third-order valence-corrected chi connectivity index (χ3v) is 3.64. The van der Waals surface area contributed by atoms with Crippen LogP contribution in [0, 0.1) is 13.8 Å². The Morgan fingerprint density at radius 2 is 2.22 bits per heavy atom. The molecule has 0 bridgehead atoms. The summed E-state index contributed by atoms with van der Waals surface area (Å²) < 4.78 is 0. The van der Waals surface area contributed by atoms with Crippen molar-refractivity contribution in [3.05, 3.63) is 45.4 Å². The maximum atomic E-state index is 12.0. The van der Waals surface area contributed by atoms with Gasteiger partial charge in [0.1, 0.15) is 0 Å². The van der Waals surface area contributed by atoms with Gasteiger partial charge in [-0.2, -0.15) is 0 Å². The Bertz CT molecular complexity index is 577. The quantitative estimate of drug-likeness (QED) is 0.833. The van der Waals surface area contributed by atoms with Gasteiger partial charge < -0.3 is 11.1 Å². The Morgan fingerprint density at radius 3 is 2.83 bits per heavy atom. The summed E-state index contributed by atoms with van der Waals surface area (Å²) in [4.78, 5) is 17.2. The van der Waals surface area contributed by atoms with Crippen LogP contribution in [0.25, 0.3) is 0 Å². The van der Waals surface area contributed by atoms with Gasteiger partial charge >= 0.3 is 0 Å². The molecular weight excluding hydrogens is 246 g/mol. The van der Waals surface area contributed by atoms with Gasteiger partial charge in [-0.3, -0.25) is 4.79 Å². The lowest BCUT2D eigenvalue weighted by molar-refractivity contribution is 0.0952. The number of hydrogen-bond acceptors (Lipinski definition) is 4. The first-order chi connectivity index (χ1) is 8.58. The second-order valence-corrected chi connectivity index (χ2v) is 5.07. The molecule has 2 rings (SSSR count). The molecule has 0 spiro atoms. The van der Waals surface area contributed by atoms with Crippen LogP contribution in [-0.2, 0) is 6.54 Å². The zero-order valence-corrected chi connectivity index (χ0v) is 11.2. The van der Waals surface area contributed by atoms with E-state index in [-0.39, 0.29) is 5.91 Å². The van der Waals surface area contributed by atoms with Gasteiger partial charge in [-0.05, 0) is 31.5 Å². The van der Waals surface area contributed by atoms with E-state index in [0.717, 1.165) is 16.1 Å². The molecule has 4 nitrogen and oxygen atoms in total. The summed E-state index contributed by atoms with van der Waals surface area (Å²) in [6, 6.07) is 5.43. The van der Waals surface area contributed by atoms with Crippen molar-refractivity contribution in [3.63, 3.8) is 0 Å². The van der Waals surface area contributed by atoms with Gasteiger partial charge in [-0.15, -0.1) is 11.3 Å². The van der Waals surface area contributed by atoms with Crippen LogP contribution in [0.4, 0.5) is 5.69 Å². The molecule has 1 amide bonds. The van der Waals surface area contributed by atoms with Crippen molar-refractivity contribution >= 4 is 22.9 Å². The van der Waals surface area contributed by atoms with Crippen LogP contribution in [0.2, 0.25) is 0 Å². The molecular formula is C13H15N3OS. The van der Waals surface area contributed by atoms with Crippen molar-refractivity contribution in [2.45, 2.75) is 20.4 Å². The van der Waals surface area contributed by atoms with Crippen LogP contribution in [0.3, 0.4) is 0 Å². The van der Waals surface area contributed by atoms with Crippen LogP contribution in [0.15, 0.2) is 23.7 Å². The fourth-order valence-corrected chi connectivity index (χ4v) is 2.36. The molecule has 0 aliphatic carbocycles. The average molecular weight is 261 g/mol. The van der Waals surface area contributed by atoms with Crippen molar-refractivity contribution in [1.29, 1.82) is 0 Å². The summed E-state index contributed by atoms with van der Waals surface area (Å²) in [5.41, 5.74) is 10.6. The highest BCUT2D eigenvalue weighted by molar-refractivity contribution is 7.09. The van der Waals surface area contributed by atoms with Crippen LogP contribution in [-0.4, -0.2) is 10.9 Å². The van der Waals surface area contributed by atoms with Gasteiger partial charge in [0.15, 0.2) is 0 Å². The number of benzene rings is 1. The summed E-state index contributed by atoms with van der Waals surface area (Å²) in [6.45, 7) is 4.36. The fourth-order valence-electron chi connectivity index (χ4n) is 1.64. The fraction of sp³-hybridized carbons (Fsp3) is 0.231. The maximum absolute atomic E-state index is 12.0. The van der Waals surface area contributed by atoms with E-state index in [4.69, 9.17) is 5.73 Å². The monoisotopic (exact) mass is 261 g/mol. The Morgan fingerprint density at radius 1 is 1.44 bits per heavy atom. The molecule has 2 aromatic rings. The van der Waals surface area contributed by atoms with Gasteiger partial charge in [0.2, 0.25) is 0 Å². The third-order valence-electron chi connectivity index (χ3n) is 2.71. The van der Waals surface area contributed by atoms with Crippen LogP contribution < -0.4 is 11.1 Å². The molecule has 1 aromatic heterocycles. The predicted octanol–water partition coefficient (Wildman–Crippen LogP) is 2.27. The molecule has 0 fully saturated rings. The number of hydrogen-bond donors (Lipinski definition) is 2. The lowest BCUT2D eigenvalue weighted by Crippen LogP contribution is -2.23. The summed E-state index contributed by atoms with van der Waals surface area (Å²) >= 11 is 1.54. The Labute approximate surface area is 110 Å². The number of carbonyl (C=O) groups excluding carboxylic acids is 1. The molecule has 0 atom stereocenters. The number of nitrogen functional groups attached to an aromatic ring is 1. The molecule has 94 valence electrons. The van der Waals surface area contributed by atoms with E-state index in [0.29, 0.717) is 17.8 Å². The molecule has 0 unspecified atom stereocenters. The zero-order chi connectivity index (χ0) is 13.1. The number of carbonyl (C=O) groups is 1. The van der Waals surface area contributed by atoms with Crippen LogP contribution in [0.1, 0.15) is 26.5 Å². The van der Waals surface area contributed by atoms with E-state index in [1.54, 1.807) is 17.6 Å². The highest BCUT2D eigenvalue weighted by atomic mass is 32.1. The van der Waals surface area contributed by atoms with Crippen LogP contribution >= 0.6 is 11.3 Å². The second kappa shape index (κ2) is 5.18. The summed E-state index contributed by atoms with van der Waals surface area (Å²) in [6.07, 6.45) is 0. The summed E-state index contributed by atoms with van der Waals surface area (Å²) in [5, 5.41) is 2.85. The minimum absolute atomic E-state index is 0.152. The van der Waals surface area contributed by atoms with Gasteiger partial charge in [-0.25, -0.2) is 4.98 Å². The highest BCUT2D eigenvalue weighted by Gasteiger charge is 2.10. The highest BCUT2D eigenvalue weighted by Crippen LogP contribution is 2.15. The molecule has 1 aromatic carbocycles.